The zero-order chi connectivity index (χ0) is 38.9. The molecule has 3 aromatic carbocycles. The number of ether oxygens (including phenoxy) is 4. The van der Waals surface area contributed by atoms with Gasteiger partial charge in [0.2, 0.25) is 0 Å². The Bertz CT molecular complexity index is 2300. The molecular formula is C43H32F6O4S2. The van der Waals surface area contributed by atoms with Crippen LogP contribution in [-0.2, 0) is 10.2 Å². The summed E-state index contributed by atoms with van der Waals surface area (Å²) >= 11 is 2.19. The molecule has 55 heavy (non-hydrogen) atoms. The molecule has 0 atom stereocenters. The van der Waals surface area contributed by atoms with E-state index in [1.807, 2.05) is 12.2 Å². The van der Waals surface area contributed by atoms with Gasteiger partial charge in [-0.3, -0.25) is 0 Å². The van der Waals surface area contributed by atoms with Crippen molar-refractivity contribution in [2.45, 2.75) is 29.6 Å². The van der Waals surface area contributed by atoms with Crippen molar-refractivity contribution in [2.75, 3.05) is 28.4 Å². The first-order chi connectivity index (χ1) is 26.3. The number of thiophene rings is 2. The molecule has 2 heterocycles. The summed E-state index contributed by atoms with van der Waals surface area (Å²) in [5.74, 6) is -14.2. The molecule has 3 aliphatic rings. The van der Waals surface area contributed by atoms with Crippen molar-refractivity contribution >= 4 is 33.8 Å². The summed E-state index contributed by atoms with van der Waals surface area (Å²) in [5.41, 5.74) is -2.93. The molecule has 0 amide bonds. The number of fused-ring (bicyclic) bond motifs is 4. The second-order valence-corrected chi connectivity index (χ2v) is 15.3. The largest absolute Gasteiger partial charge is 0.497 e. The van der Waals surface area contributed by atoms with Crippen LogP contribution in [0.2, 0.25) is 0 Å². The molecule has 0 bridgehead atoms. The Morgan fingerprint density at radius 2 is 0.964 bits per heavy atom. The Kier molecular flexibility index (Phi) is 8.84. The lowest BCUT2D eigenvalue weighted by Crippen LogP contribution is -2.49. The van der Waals surface area contributed by atoms with Crippen LogP contribution in [0.15, 0.2) is 121 Å². The van der Waals surface area contributed by atoms with Gasteiger partial charge < -0.3 is 18.9 Å². The van der Waals surface area contributed by atoms with Crippen LogP contribution in [0.5, 0.6) is 17.2 Å². The van der Waals surface area contributed by atoms with E-state index in [2.05, 4.69) is 0 Å². The van der Waals surface area contributed by atoms with Crippen molar-refractivity contribution in [3.05, 3.63) is 147 Å². The van der Waals surface area contributed by atoms with Gasteiger partial charge in [0.05, 0.1) is 33.9 Å². The lowest BCUT2D eigenvalue weighted by atomic mass is 9.69. The van der Waals surface area contributed by atoms with Crippen LogP contribution in [-0.4, -0.2) is 46.2 Å². The topological polar surface area (TPSA) is 36.9 Å². The van der Waals surface area contributed by atoms with Crippen LogP contribution in [0.3, 0.4) is 0 Å². The normalized spacial score (nSPS) is 18.6. The SMILES string of the molecule is COC1=CCC=C(C2(c3ccc(OC)cc3)c3sc(-c4ccc(OC)cc4)cc3C3=C(c4cc(-c5ccc(OC)cc5)sc42)C(F)(F)C(F)(F)C3(F)F)C=C1. The fourth-order valence-corrected chi connectivity index (χ4v) is 10.5. The minimum absolute atomic E-state index is 0.183. The predicted molar refractivity (Wildman–Crippen MR) is 204 cm³/mol. The molecule has 12 heteroatoms. The number of halogens is 6. The number of methoxy groups -OCH3 is 4. The number of hydrogen-bond donors (Lipinski definition) is 0. The molecule has 0 radical (unpaired) electrons. The van der Waals surface area contributed by atoms with E-state index in [9.17, 15) is 0 Å². The summed E-state index contributed by atoms with van der Waals surface area (Å²) in [6.07, 6.45) is 7.56. The number of rotatable bonds is 8. The number of benzene rings is 3. The van der Waals surface area contributed by atoms with Crippen molar-refractivity contribution in [3.63, 3.8) is 0 Å². The van der Waals surface area contributed by atoms with Crippen molar-refractivity contribution in [1.29, 1.82) is 0 Å². The van der Waals surface area contributed by atoms with Gasteiger partial charge in [-0.1, -0.05) is 24.3 Å². The maximum absolute atomic E-state index is 16.6. The van der Waals surface area contributed by atoms with Crippen LogP contribution < -0.4 is 14.2 Å². The molecule has 0 fully saturated rings. The van der Waals surface area contributed by atoms with Gasteiger partial charge in [0.1, 0.15) is 23.0 Å². The molecule has 3 aliphatic carbocycles. The van der Waals surface area contributed by atoms with E-state index in [0.717, 1.165) is 22.7 Å². The van der Waals surface area contributed by atoms with Crippen LogP contribution in [0, 0.1) is 0 Å². The maximum atomic E-state index is 16.6. The quantitative estimate of drug-likeness (QED) is 0.147. The molecule has 2 aromatic heterocycles. The Hall–Kier alpha value is -5.20. The second-order valence-electron chi connectivity index (χ2n) is 13.2. The summed E-state index contributed by atoms with van der Waals surface area (Å²) in [5, 5.41) is 0. The van der Waals surface area contributed by atoms with Crippen molar-refractivity contribution in [2.24, 2.45) is 0 Å². The molecule has 0 saturated heterocycles. The Balaban J connectivity index is 1.56. The van der Waals surface area contributed by atoms with Gasteiger partial charge in [0.15, 0.2) is 0 Å². The third-order valence-electron chi connectivity index (χ3n) is 10.4. The average Bonchev–Trinajstić information content (AvgIpc) is 3.76. The highest BCUT2D eigenvalue weighted by Gasteiger charge is 2.81. The molecule has 8 rings (SSSR count). The van der Waals surface area contributed by atoms with Gasteiger partial charge >= 0.3 is 17.8 Å². The summed E-state index contributed by atoms with van der Waals surface area (Å²) < 4.78 is 120. The average molecular weight is 791 g/mol. The van der Waals surface area contributed by atoms with Gasteiger partial charge in [0.25, 0.3) is 0 Å². The summed E-state index contributed by atoms with van der Waals surface area (Å²) in [4.78, 5) is 1.19. The van der Waals surface area contributed by atoms with Crippen LogP contribution >= 0.6 is 22.7 Å². The molecular weight excluding hydrogens is 759 g/mol. The fourth-order valence-electron chi connectivity index (χ4n) is 7.61. The van der Waals surface area contributed by atoms with E-state index in [4.69, 9.17) is 18.9 Å². The van der Waals surface area contributed by atoms with E-state index >= 15 is 26.3 Å². The molecule has 4 nitrogen and oxygen atoms in total. The Morgan fingerprint density at radius 3 is 1.38 bits per heavy atom. The lowest BCUT2D eigenvalue weighted by molar-refractivity contribution is -0.254. The van der Waals surface area contributed by atoms with Crippen LogP contribution in [0.4, 0.5) is 26.3 Å². The van der Waals surface area contributed by atoms with Crippen molar-refractivity contribution < 1.29 is 45.3 Å². The van der Waals surface area contributed by atoms with Gasteiger partial charge in [0, 0.05) is 41.8 Å². The smallest absolute Gasteiger partial charge is 0.380 e. The summed E-state index contributed by atoms with van der Waals surface area (Å²) in [6, 6.07) is 23.2. The molecule has 0 spiro atoms. The molecule has 0 unspecified atom stereocenters. The monoisotopic (exact) mass is 790 g/mol. The summed E-state index contributed by atoms with van der Waals surface area (Å²) in [6.45, 7) is 0. The summed E-state index contributed by atoms with van der Waals surface area (Å²) in [7, 11) is 6.01. The predicted octanol–water partition coefficient (Wildman–Crippen LogP) is 12.1. The zero-order valence-corrected chi connectivity index (χ0v) is 31.4. The number of allylic oxidation sites excluding steroid dienone is 7. The first kappa shape index (κ1) is 36.8. The van der Waals surface area contributed by atoms with E-state index in [-0.39, 0.29) is 20.9 Å². The second kappa shape index (κ2) is 13.2. The number of hydrogen-bond acceptors (Lipinski definition) is 6. The molecule has 282 valence electrons. The minimum Gasteiger partial charge on any atom is -0.497 e. The number of alkyl halides is 6. The highest BCUT2D eigenvalue weighted by Crippen LogP contribution is 2.70. The van der Waals surface area contributed by atoms with E-state index in [0.29, 0.717) is 61.4 Å². The maximum Gasteiger partial charge on any atom is 0.380 e. The molecule has 0 aliphatic heterocycles. The Labute approximate surface area is 321 Å². The van der Waals surface area contributed by atoms with Crippen LogP contribution in [0.25, 0.3) is 32.0 Å². The highest BCUT2D eigenvalue weighted by atomic mass is 32.1. The van der Waals surface area contributed by atoms with E-state index in [1.165, 1.54) is 40.6 Å². The first-order valence-electron chi connectivity index (χ1n) is 17.1. The molecule has 0 saturated carbocycles. The molecule has 5 aromatic rings. The van der Waals surface area contributed by atoms with E-state index < -0.39 is 34.3 Å². The molecule has 0 N–H and O–H groups in total. The third kappa shape index (κ3) is 5.32. The highest BCUT2D eigenvalue weighted by molar-refractivity contribution is 7.18. The van der Waals surface area contributed by atoms with Crippen LogP contribution in [0.1, 0.15) is 32.9 Å². The van der Waals surface area contributed by atoms with Gasteiger partial charge in [-0.15, -0.1) is 22.7 Å². The van der Waals surface area contributed by atoms with E-state index in [1.54, 1.807) is 84.9 Å². The van der Waals surface area contributed by atoms with Gasteiger partial charge in [-0.25, -0.2) is 0 Å². The Morgan fingerprint density at radius 1 is 0.527 bits per heavy atom. The van der Waals surface area contributed by atoms with Gasteiger partial charge in [-0.05, 0) is 114 Å². The zero-order valence-electron chi connectivity index (χ0n) is 29.8. The fraction of sp³-hybridized carbons (Fsp3) is 0.209. The standard InChI is InChI=1S/C43H32F6O4S2/c1-50-28-7-5-6-26(12-19-28)40(27-13-20-31(53-4)21-14-27)38-32(22-34(54-38)24-8-15-29(51-2)16-9-24)36-37(42(46,47)43(48,49)41(36,44)45)33-23-35(55-39(33)40)25-10-17-30(52-3)18-11-25/h6-23H,5H2,1-4H3. The lowest BCUT2D eigenvalue weighted by Gasteiger charge is -2.37. The van der Waals surface area contributed by atoms with Gasteiger partial charge in [-0.2, -0.15) is 26.3 Å². The third-order valence-corrected chi connectivity index (χ3v) is 13.0. The first-order valence-corrected chi connectivity index (χ1v) is 18.7. The van der Waals surface area contributed by atoms with Crippen molar-refractivity contribution in [1.82, 2.24) is 0 Å². The van der Waals surface area contributed by atoms with Crippen molar-refractivity contribution in [3.8, 4) is 38.1 Å². The minimum atomic E-state index is -5.73.